The van der Waals surface area contributed by atoms with Crippen molar-refractivity contribution in [3.63, 3.8) is 0 Å². The lowest BCUT2D eigenvalue weighted by molar-refractivity contribution is -0.113. The van der Waals surface area contributed by atoms with Crippen LogP contribution >= 0.6 is 0 Å². The monoisotopic (exact) mass is 290 g/mol. The smallest absolute Gasteiger partial charge is 0.0820 e. The van der Waals surface area contributed by atoms with E-state index in [1.165, 1.54) is 25.7 Å². The van der Waals surface area contributed by atoms with E-state index in [0.717, 1.165) is 30.6 Å². The number of ether oxygens (including phenoxy) is 2. The summed E-state index contributed by atoms with van der Waals surface area (Å²) in [5, 5.41) is 10.7. The normalized spacial score (nSPS) is 26.1. The van der Waals surface area contributed by atoms with Gasteiger partial charge in [-0.3, -0.25) is 0 Å². The third-order valence-corrected chi connectivity index (χ3v) is 5.12. The van der Waals surface area contributed by atoms with Gasteiger partial charge >= 0.3 is 0 Å². The van der Waals surface area contributed by atoms with Crippen LogP contribution < -0.4 is 0 Å². The van der Waals surface area contributed by atoms with Crippen molar-refractivity contribution in [3.05, 3.63) is 35.4 Å². The molecule has 1 saturated heterocycles. The van der Waals surface area contributed by atoms with Crippen LogP contribution in [0.3, 0.4) is 0 Å². The standard InChI is InChI=1S/C18H26O3/c1-20-13-14-4-6-15(7-5-14)17(19)16-8-11-21-18(12-16)9-2-3-10-18/h4-7,16-17,19H,2-3,8-13H2,1H3. The molecule has 0 radical (unpaired) electrons. The molecule has 21 heavy (non-hydrogen) atoms. The minimum absolute atomic E-state index is 0.0693. The van der Waals surface area contributed by atoms with E-state index in [0.29, 0.717) is 12.5 Å². The molecule has 0 aromatic heterocycles. The molecule has 1 saturated carbocycles. The second-order valence-corrected chi connectivity index (χ2v) is 6.61. The number of aliphatic hydroxyl groups excluding tert-OH is 1. The zero-order valence-corrected chi connectivity index (χ0v) is 12.9. The maximum absolute atomic E-state index is 10.7. The molecule has 3 rings (SSSR count). The second kappa shape index (κ2) is 6.47. The van der Waals surface area contributed by atoms with Gasteiger partial charge in [-0.15, -0.1) is 0 Å². The van der Waals surface area contributed by atoms with Gasteiger partial charge in [0.05, 0.1) is 18.3 Å². The molecule has 1 spiro atoms. The van der Waals surface area contributed by atoms with Gasteiger partial charge in [-0.1, -0.05) is 37.1 Å². The van der Waals surface area contributed by atoms with Crippen LogP contribution in [0.25, 0.3) is 0 Å². The molecule has 116 valence electrons. The Morgan fingerprint density at radius 1 is 1.29 bits per heavy atom. The van der Waals surface area contributed by atoms with Crippen LogP contribution in [0, 0.1) is 5.92 Å². The van der Waals surface area contributed by atoms with Crippen molar-refractivity contribution in [2.24, 2.45) is 5.92 Å². The highest BCUT2D eigenvalue weighted by Gasteiger charge is 2.41. The first kappa shape index (κ1) is 15.0. The number of rotatable bonds is 4. The third-order valence-electron chi connectivity index (χ3n) is 5.12. The van der Waals surface area contributed by atoms with E-state index in [9.17, 15) is 5.11 Å². The summed E-state index contributed by atoms with van der Waals surface area (Å²) in [4.78, 5) is 0. The molecule has 3 heteroatoms. The van der Waals surface area contributed by atoms with Crippen molar-refractivity contribution < 1.29 is 14.6 Å². The minimum Gasteiger partial charge on any atom is -0.388 e. The summed E-state index contributed by atoms with van der Waals surface area (Å²) in [5.41, 5.74) is 2.24. The van der Waals surface area contributed by atoms with Crippen molar-refractivity contribution >= 4 is 0 Å². The Kier molecular flexibility index (Phi) is 4.63. The molecular formula is C18H26O3. The molecular weight excluding hydrogens is 264 g/mol. The van der Waals surface area contributed by atoms with Crippen molar-refractivity contribution in [1.29, 1.82) is 0 Å². The highest BCUT2D eigenvalue weighted by molar-refractivity contribution is 5.24. The van der Waals surface area contributed by atoms with Crippen LogP contribution in [0.5, 0.6) is 0 Å². The van der Waals surface area contributed by atoms with Gasteiger partial charge < -0.3 is 14.6 Å². The predicted molar refractivity (Wildman–Crippen MR) is 82.0 cm³/mol. The number of hydrogen-bond acceptors (Lipinski definition) is 3. The summed E-state index contributed by atoms with van der Waals surface area (Å²) in [6.45, 7) is 1.42. The van der Waals surface area contributed by atoms with Gasteiger partial charge in [0.1, 0.15) is 0 Å². The molecule has 1 heterocycles. The van der Waals surface area contributed by atoms with Gasteiger partial charge in [-0.25, -0.2) is 0 Å². The lowest BCUT2D eigenvalue weighted by atomic mass is 9.80. The van der Waals surface area contributed by atoms with Crippen LogP contribution in [0.4, 0.5) is 0 Å². The number of aliphatic hydroxyl groups is 1. The molecule has 2 atom stereocenters. The lowest BCUT2D eigenvalue weighted by Crippen LogP contribution is -2.39. The van der Waals surface area contributed by atoms with Crippen LogP contribution in [0.2, 0.25) is 0 Å². The van der Waals surface area contributed by atoms with Gasteiger partial charge in [0.15, 0.2) is 0 Å². The molecule has 2 unspecified atom stereocenters. The highest BCUT2D eigenvalue weighted by Crippen LogP contribution is 2.45. The van der Waals surface area contributed by atoms with E-state index < -0.39 is 0 Å². The number of methoxy groups -OCH3 is 1. The van der Waals surface area contributed by atoms with Gasteiger partial charge in [0, 0.05) is 13.7 Å². The number of hydrogen-bond donors (Lipinski definition) is 1. The van der Waals surface area contributed by atoms with Crippen molar-refractivity contribution in [3.8, 4) is 0 Å². The molecule has 0 bridgehead atoms. The first-order valence-electron chi connectivity index (χ1n) is 8.12. The van der Waals surface area contributed by atoms with Gasteiger partial charge in [0.25, 0.3) is 0 Å². The van der Waals surface area contributed by atoms with Crippen LogP contribution in [-0.4, -0.2) is 24.4 Å². The van der Waals surface area contributed by atoms with E-state index in [1.807, 2.05) is 24.3 Å². The van der Waals surface area contributed by atoms with E-state index in [1.54, 1.807) is 7.11 Å². The molecule has 2 aliphatic rings. The van der Waals surface area contributed by atoms with E-state index >= 15 is 0 Å². The Morgan fingerprint density at radius 2 is 2.00 bits per heavy atom. The summed E-state index contributed by atoms with van der Waals surface area (Å²) in [7, 11) is 1.70. The van der Waals surface area contributed by atoms with Crippen LogP contribution in [-0.2, 0) is 16.1 Å². The van der Waals surface area contributed by atoms with E-state index in [2.05, 4.69) is 0 Å². The first-order chi connectivity index (χ1) is 10.2. The Labute approximate surface area is 127 Å². The average Bonchev–Trinajstić information content (AvgIpc) is 2.95. The Balaban J connectivity index is 1.67. The lowest BCUT2D eigenvalue weighted by Gasteiger charge is -2.40. The summed E-state index contributed by atoms with van der Waals surface area (Å²) < 4.78 is 11.2. The fourth-order valence-electron chi connectivity index (χ4n) is 3.95. The summed E-state index contributed by atoms with van der Waals surface area (Å²) in [5.74, 6) is 0.324. The molecule has 1 N–H and O–H groups in total. The predicted octanol–water partition coefficient (Wildman–Crippen LogP) is 3.61. The maximum Gasteiger partial charge on any atom is 0.0820 e. The van der Waals surface area contributed by atoms with E-state index in [-0.39, 0.29) is 11.7 Å². The second-order valence-electron chi connectivity index (χ2n) is 6.61. The molecule has 1 aromatic rings. The third kappa shape index (κ3) is 3.31. The molecule has 3 nitrogen and oxygen atoms in total. The zero-order chi connectivity index (χ0) is 14.7. The summed E-state index contributed by atoms with van der Waals surface area (Å²) in [6, 6.07) is 8.17. The van der Waals surface area contributed by atoms with Crippen LogP contribution in [0.1, 0.15) is 55.8 Å². The molecule has 1 aromatic carbocycles. The molecule has 2 fully saturated rings. The quantitative estimate of drug-likeness (QED) is 0.920. The maximum atomic E-state index is 10.7. The minimum atomic E-state index is -0.372. The largest absolute Gasteiger partial charge is 0.388 e. The number of benzene rings is 1. The van der Waals surface area contributed by atoms with Crippen molar-refractivity contribution in [2.75, 3.05) is 13.7 Å². The SMILES string of the molecule is COCc1ccc(C(O)C2CCOC3(CCCC3)C2)cc1. The van der Waals surface area contributed by atoms with E-state index in [4.69, 9.17) is 9.47 Å². The first-order valence-corrected chi connectivity index (χ1v) is 8.12. The van der Waals surface area contributed by atoms with Gasteiger partial charge in [0.2, 0.25) is 0 Å². The average molecular weight is 290 g/mol. The molecule has 1 aliphatic carbocycles. The Bertz CT molecular complexity index is 448. The van der Waals surface area contributed by atoms with Crippen molar-refractivity contribution in [2.45, 2.75) is 56.8 Å². The molecule has 1 aliphatic heterocycles. The zero-order valence-electron chi connectivity index (χ0n) is 12.9. The summed E-state index contributed by atoms with van der Waals surface area (Å²) in [6.07, 6.45) is 6.48. The Hall–Kier alpha value is -0.900. The topological polar surface area (TPSA) is 38.7 Å². The van der Waals surface area contributed by atoms with Gasteiger partial charge in [-0.2, -0.15) is 0 Å². The molecule has 0 amide bonds. The van der Waals surface area contributed by atoms with Crippen LogP contribution in [0.15, 0.2) is 24.3 Å². The fraction of sp³-hybridized carbons (Fsp3) is 0.667. The fourth-order valence-corrected chi connectivity index (χ4v) is 3.95. The summed E-state index contributed by atoms with van der Waals surface area (Å²) >= 11 is 0. The van der Waals surface area contributed by atoms with Crippen molar-refractivity contribution in [1.82, 2.24) is 0 Å². The van der Waals surface area contributed by atoms with Gasteiger partial charge in [-0.05, 0) is 42.7 Å². The Morgan fingerprint density at radius 3 is 2.67 bits per heavy atom. The highest BCUT2D eigenvalue weighted by atomic mass is 16.5.